The number of aromatic amines is 1. The van der Waals surface area contributed by atoms with Crippen LogP contribution in [0.25, 0.3) is 11.0 Å². The van der Waals surface area contributed by atoms with Crippen molar-refractivity contribution in [1.82, 2.24) is 19.2 Å². The first-order valence-corrected chi connectivity index (χ1v) is 18.7. The molecule has 3 aromatic rings. The maximum absolute atomic E-state index is 13.4. The van der Waals surface area contributed by atoms with Crippen LogP contribution >= 0.6 is 0 Å². The number of carbonyl (C=O) groups excluding carboxylic acids is 1. The first kappa shape index (κ1) is 35.1. The van der Waals surface area contributed by atoms with Crippen LogP contribution in [0.2, 0.25) is 0 Å². The van der Waals surface area contributed by atoms with Crippen molar-refractivity contribution in [1.29, 1.82) is 0 Å². The molecule has 2 N–H and O–H groups in total. The predicted octanol–water partition coefficient (Wildman–Crippen LogP) is 3.73. The maximum atomic E-state index is 13.4. The second-order valence-electron chi connectivity index (χ2n) is 13.5. The molecule has 2 fully saturated rings. The van der Waals surface area contributed by atoms with Gasteiger partial charge < -0.3 is 29.2 Å². The Hall–Kier alpha value is -3.24. The van der Waals surface area contributed by atoms with Gasteiger partial charge in [-0.2, -0.15) is 4.31 Å². The van der Waals surface area contributed by atoms with E-state index < -0.39 is 54.6 Å². The van der Waals surface area contributed by atoms with Crippen LogP contribution in [0.15, 0.2) is 58.6 Å². The summed E-state index contributed by atoms with van der Waals surface area (Å²) < 4.78 is 71.2. The van der Waals surface area contributed by atoms with Gasteiger partial charge in [-0.1, -0.05) is 6.07 Å². The molecule has 2 saturated heterocycles. The molecule has 1 spiro atoms. The second kappa shape index (κ2) is 13.3. The third-order valence-corrected chi connectivity index (χ3v) is 12.5. The van der Waals surface area contributed by atoms with Crippen LogP contribution < -0.4 is 4.74 Å². The number of fused-ring (bicyclic) bond motifs is 1. The molecule has 5 rings (SSSR count). The standard InChI is InChI=1S/C32H44N4O9S2/c1-22(2)46(39,40)26-8-6-7-25(15-26)43-21-24(37)19-36(30(38)45-31(3,4)5)23-17-32(44-20-23)10-13-35(14-11-32)47(41,42)27-16-29-28(34-18-27)9-12-33-29/h6-9,12,15-16,18,22-24,33,37H,10-11,13-14,17,19-21H2,1-5H3/t23-,24+/m1/s1. The number of amides is 1. The zero-order valence-corrected chi connectivity index (χ0v) is 29.0. The highest BCUT2D eigenvalue weighted by atomic mass is 32.2. The molecule has 2 aliphatic heterocycles. The van der Waals surface area contributed by atoms with Crippen molar-refractivity contribution in [3.8, 4) is 5.75 Å². The summed E-state index contributed by atoms with van der Waals surface area (Å²) in [5.41, 5.74) is -0.0930. The minimum absolute atomic E-state index is 0.113. The minimum atomic E-state index is -3.77. The maximum Gasteiger partial charge on any atom is 0.410 e. The third-order valence-electron chi connectivity index (χ3n) is 8.51. The molecule has 2 aliphatic rings. The Labute approximate surface area is 276 Å². The van der Waals surface area contributed by atoms with Crippen molar-refractivity contribution in [3.63, 3.8) is 0 Å². The molecule has 0 bridgehead atoms. The molecule has 4 heterocycles. The Morgan fingerprint density at radius 1 is 1.15 bits per heavy atom. The van der Waals surface area contributed by atoms with Gasteiger partial charge in [0, 0.05) is 25.5 Å². The number of aromatic nitrogens is 2. The van der Waals surface area contributed by atoms with Crippen molar-refractivity contribution < 1.29 is 40.9 Å². The van der Waals surface area contributed by atoms with Crippen LogP contribution in [0.4, 0.5) is 4.79 Å². The zero-order valence-electron chi connectivity index (χ0n) is 27.4. The Bertz CT molecular complexity index is 1790. The van der Waals surface area contributed by atoms with Crippen LogP contribution in [-0.2, 0) is 29.3 Å². The molecule has 47 heavy (non-hydrogen) atoms. The lowest BCUT2D eigenvalue weighted by Crippen LogP contribution is -2.50. The number of benzene rings is 1. The van der Waals surface area contributed by atoms with Crippen molar-refractivity contribution in [3.05, 3.63) is 48.8 Å². The Morgan fingerprint density at radius 2 is 1.87 bits per heavy atom. The smallest absolute Gasteiger partial charge is 0.410 e. The molecular weight excluding hydrogens is 649 g/mol. The number of sulfone groups is 1. The van der Waals surface area contributed by atoms with Crippen molar-refractivity contribution in [2.75, 3.05) is 32.8 Å². The summed E-state index contributed by atoms with van der Waals surface area (Å²) >= 11 is 0. The predicted molar refractivity (Wildman–Crippen MR) is 174 cm³/mol. The number of nitrogens with zero attached hydrogens (tertiary/aromatic N) is 3. The van der Waals surface area contributed by atoms with E-state index in [2.05, 4.69) is 9.97 Å². The highest BCUT2D eigenvalue weighted by Gasteiger charge is 2.48. The van der Waals surface area contributed by atoms with Gasteiger partial charge in [0.2, 0.25) is 10.0 Å². The lowest BCUT2D eigenvalue weighted by molar-refractivity contribution is -0.0329. The number of piperidine rings is 1. The van der Waals surface area contributed by atoms with Crippen molar-refractivity contribution >= 4 is 37.0 Å². The molecule has 0 radical (unpaired) electrons. The molecular formula is C32H44N4O9S2. The Morgan fingerprint density at radius 3 is 2.55 bits per heavy atom. The van der Waals surface area contributed by atoms with E-state index in [9.17, 15) is 26.7 Å². The van der Waals surface area contributed by atoms with E-state index in [4.69, 9.17) is 14.2 Å². The van der Waals surface area contributed by atoms with Crippen molar-refractivity contribution in [2.45, 2.75) is 92.3 Å². The number of carbonyl (C=O) groups is 1. The quantitative estimate of drug-likeness (QED) is 0.319. The fourth-order valence-corrected chi connectivity index (χ4v) is 8.39. The SMILES string of the molecule is CC(C)S(=O)(=O)c1cccc(OC[C@@H](O)CN(C(=O)OC(C)(C)C)[C@H]2COC3(CCN(S(=O)(=O)c4cnc5cc[nH]c5c4)CC3)C2)c1. The zero-order chi connectivity index (χ0) is 34.2. The number of pyridine rings is 1. The molecule has 2 atom stereocenters. The summed E-state index contributed by atoms with van der Waals surface area (Å²) in [5.74, 6) is 0.281. The van der Waals surface area contributed by atoms with E-state index in [-0.39, 0.29) is 48.4 Å². The highest BCUT2D eigenvalue weighted by Crippen LogP contribution is 2.39. The average molecular weight is 693 g/mol. The molecule has 13 nitrogen and oxygen atoms in total. The first-order valence-electron chi connectivity index (χ1n) is 15.7. The van der Waals surface area contributed by atoms with Gasteiger partial charge in [-0.05, 0) is 84.2 Å². The van der Waals surface area contributed by atoms with Gasteiger partial charge >= 0.3 is 6.09 Å². The van der Waals surface area contributed by atoms with Gasteiger partial charge in [0.1, 0.15) is 29.0 Å². The molecule has 1 aromatic carbocycles. The van der Waals surface area contributed by atoms with Gasteiger partial charge in [0.25, 0.3) is 0 Å². The number of H-pyrrole nitrogens is 1. The fourth-order valence-electron chi connectivity index (χ4n) is 5.89. The number of hydrogen-bond donors (Lipinski definition) is 2. The number of sulfonamides is 1. The van der Waals surface area contributed by atoms with Gasteiger partial charge in [-0.15, -0.1) is 0 Å². The van der Waals surface area contributed by atoms with Crippen LogP contribution in [0.5, 0.6) is 5.75 Å². The Balaban J connectivity index is 1.23. The molecule has 258 valence electrons. The first-order chi connectivity index (χ1) is 22.0. The largest absolute Gasteiger partial charge is 0.491 e. The van der Waals surface area contributed by atoms with E-state index in [0.29, 0.717) is 30.3 Å². The monoisotopic (exact) mass is 692 g/mol. The molecule has 1 amide bonds. The lowest BCUT2D eigenvalue weighted by atomic mass is 9.88. The number of aliphatic hydroxyl groups excluding tert-OH is 1. The van der Waals surface area contributed by atoms with Gasteiger partial charge in [-0.25, -0.2) is 21.6 Å². The molecule has 15 heteroatoms. The van der Waals surface area contributed by atoms with E-state index in [1.807, 2.05) is 0 Å². The number of nitrogens with one attached hydrogen (secondary N) is 1. The van der Waals surface area contributed by atoms with Crippen LogP contribution in [0, 0.1) is 0 Å². The average Bonchev–Trinajstić information content (AvgIpc) is 3.65. The normalized spacial score (nSPS) is 19.7. The van der Waals surface area contributed by atoms with Gasteiger partial charge in [-0.3, -0.25) is 4.98 Å². The summed E-state index contributed by atoms with van der Waals surface area (Å²) in [6, 6.07) is 9.03. The summed E-state index contributed by atoms with van der Waals surface area (Å²) in [6.45, 7) is 8.84. The molecule has 2 aromatic heterocycles. The second-order valence-corrected chi connectivity index (χ2v) is 17.9. The van der Waals surface area contributed by atoms with Gasteiger partial charge in [0.15, 0.2) is 9.84 Å². The Kier molecular flexibility index (Phi) is 9.96. The van der Waals surface area contributed by atoms with E-state index >= 15 is 0 Å². The molecule has 0 unspecified atom stereocenters. The minimum Gasteiger partial charge on any atom is -0.491 e. The van der Waals surface area contributed by atoms with Crippen LogP contribution in [-0.4, -0.2) is 109 Å². The fraction of sp³-hybridized carbons (Fsp3) is 0.562. The number of ether oxygens (including phenoxy) is 3. The van der Waals surface area contributed by atoms with Crippen LogP contribution in [0.1, 0.15) is 53.9 Å². The number of aliphatic hydroxyl groups is 1. The third kappa shape index (κ3) is 7.91. The molecule has 0 aliphatic carbocycles. The summed E-state index contributed by atoms with van der Waals surface area (Å²) in [4.78, 5) is 22.3. The molecule has 0 saturated carbocycles. The van der Waals surface area contributed by atoms with Crippen molar-refractivity contribution in [2.24, 2.45) is 0 Å². The number of rotatable bonds is 10. The van der Waals surface area contributed by atoms with E-state index in [0.717, 1.165) is 0 Å². The van der Waals surface area contributed by atoms with Gasteiger partial charge in [0.05, 0.1) is 46.0 Å². The van der Waals surface area contributed by atoms with E-state index in [1.165, 1.54) is 27.5 Å². The number of hydrogen-bond acceptors (Lipinski definition) is 10. The summed E-state index contributed by atoms with van der Waals surface area (Å²) in [7, 11) is -7.28. The lowest BCUT2D eigenvalue weighted by Gasteiger charge is -2.38. The van der Waals surface area contributed by atoms with E-state index in [1.54, 1.807) is 65.1 Å². The topological polar surface area (TPSA) is 168 Å². The summed E-state index contributed by atoms with van der Waals surface area (Å²) in [6.07, 6.45) is 2.66. The summed E-state index contributed by atoms with van der Waals surface area (Å²) in [5, 5.41) is 10.4. The highest BCUT2D eigenvalue weighted by molar-refractivity contribution is 7.92. The van der Waals surface area contributed by atoms with Crippen LogP contribution in [0.3, 0.4) is 0 Å².